The third-order valence-corrected chi connectivity index (χ3v) is 3.94. The lowest BCUT2D eigenvalue weighted by Gasteiger charge is -2.31. The lowest BCUT2D eigenvalue weighted by molar-refractivity contribution is -0.123. The normalized spacial score (nSPS) is 21.2. The van der Waals surface area contributed by atoms with Crippen molar-refractivity contribution in [2.75, 3.05) is 13.1 Å². The predicted molar refractivity (Wildman–Crippen MR) is 87.3 cm³/mol. The van der Waals surface area contributed by atoms with E-state index in [2.05, 4.69) is 10.6 Å². The van der Waals surface area contributed by atoms with Crippen molar-refractivity contribution >= 4 is 24.2 Å². The minimum absolute atomic E-state index is 0. The number of carbonyl (C=O) groups is 2. The second kappa shape index (κ2) is 11.8. The van der Waals surface area contributed by atoms with Gasteiger partial charge in [0.25, 0.3) is 0 Å². The Labute approximate surface area is 134 Å². The van der Waals surface area contributed by atoms with Crippen LogP contribution in [0.25, 0.3) is 0 Å². The van der Waals surface area contributed by atoms with Crippen molar-refractivity contribution in [3.63, 3.8) is 0 Å². The van der Waals surface area contributed by atoms with Gasteiger partial charge in [0.05, 0.1) is 0 Å². The van der Waals surface area contributed by atoms with Gasteiger partial charge in [0.2, 0.25) is 11.8 Å². The molecule has 1 aliphatic rings. The topological polar surface area (TPSA) is 84.2 Å². The zero-order valence-electron chi connectivity index (χ0n) is 13.0. The standard InChI is InChI=1S/C15H29N3O2.ClH/c1-2-10-17-14(19)8-5-9-15(20)18-13-7-4-3-6-12(13)11-16;/h12-13H,2-11,16H2,1H3,(H,17,19)(H,18,20);1H. The first-order valence-electron chi connectivity index (χ1n) is 7.93. The smallest absolute Gasteiger partial charge is 0.220 e. The van der Waals surface area contributed by atoms with Crippen LogP contribution in [0.5, 0.6) is 0 Å². The Morgan fingerprint density at radius 3 is 2.48 bits per heavy atom. The Morgan fingerprint density at radius 1 is 1.14 bits per heavy atom. The van der Waals surface area contributed by atoms with Gasteiger partial charge in [0.15, 0.2) is 0 Å². The summed E-state index contributed by atoms with van der Waals surface area (Å²) in [5, 5.41) is 5.90. The van der Waals surface area contributed by atoms with E-state index < -0.39 is 0 Å². The van der Waals surface area contributed by atoms with Crippen LogP contribution < -0.4 is 16.4 Å². The van der Waals surface area contributed by atoms with Crippen LogP contribution in [-0.2, 0) is 9.59 Å². The number of hydrogen-bond acceptors (Lipinski definition) is 3. The molecule has 0 heterocycles. The fraction of sp³-hybridized carbons (Fsp3) is 0.867. The highest BCUT2D eigenvalue weighted by Crippen LogP contribution is 2.23. The van der Waals surface area contributed by atoms with Crippen LogP contribution in [0.1, 0.15) is 58.3 Å². The first-order valence-corrected chi connectivity index (χ1v) is 7.93. The van der Waals surface area contributed by atoms with Gasteiger partial charge in [-0.3, -0.25) is 9.59 Å². The maximum absolute atomic E-state index is 11.9. The van der Waals surface area contributed by atoms with E-state index in [4.69, 9.17) is 5.73 Å². The molecule has 21 heavy (non-hydrogen) atoms. The lowest BCUT2D eigenvalue weighted by atomic mass is 9.84. The van der Waals surface area contributed by atoms with Crippen molar-refractivity contribution in [3.8, 4) is 0 Å². The van der Waals surface area contributed by atoms with Crippen molar-refractivity contribution in [2.45, 2.75) is 64.3 Å². The SMILES string of the molecule is CCCNC(=O)CCCC(=O)NC1CCCCC1CN.Cl. The molecule has 0 radical (unpaired) electrons. The minimum Gasteiger partial charge on any atom is -0.356 e. The molecule has 1 saturated carbocycles. The van der Waals surface area contributed by atoms with Crippen LogP contribution in [0.3, 0.4) is 0 Å². The third kappa shape index (κ3) is 8.27. The second-order valence-electron chi connectivity index (χ2n) is 5.66. The molecule has 2 amide bonds. The van der Waals surface area contributed by atoms with Gasteiger partial charge in [-0.05, 0) is 38.1 Å². The highest BCUT2D eigenvalue weighted by molar-refractivity contribution is 5.85. The van der Waals surface area contributed by atoms with Crippen LogP contribution in [0, 0.1) is 5.92 Å². The summed E-state index contributed by atoms with van der Waals surface area (Å²) in [5.74, 6) is 0.511. The van der Waals surface area contributed by atoms with Crippen LogP contribution in [-0.4, -0.2) is 30.9 Å². The maximum atomic E-state index is 11.9. The van der Waals surface area contributed by atoms with Gasteiger partial charge >= 0.3 is 0 Å². The average molecular weight is 320 g/mol. The molecule has 0 saturated heterocycles. The summed E-state index contributed by atoms with van der Waals surface area (Å²) in [6, 6.07) is 0.232. The Morgan fingerprint density at radius 2 is 1.81 bits per heavy atom. The molecule has 2 atom stereocenters. The van der Waals surface area contributed by atoms with Crippen LogP contribution in [0.15, 0.2) is 0 Å². The first-order chi connectivity index (χ1) is 9.67. The van der Waals surface area contributed by atoms with E-state index in [1.807, 2.05) is 6.92 Å². The predicted octanol–water partition coefficient (Wildman–Crippen LogP) is 1.74. The Balaban J connectivity index is 0.00000400. The summed E-state index contributed by atoms with van der Waals surface area (Å²) in [6.45, 7) is 3.38. The number of amides is 2. The molecule has 0 spiro atoms. The van der Waals surface area contributed by atoms with Gasteiger partial charge < -0.3 is 16.4 Å². The molecular formula is C15H30ClN3O2. The van der Waals surface area contributed by atoms with E-state index in [0.717, 1.165) is 19.3 Å². The molecule has 0 aromatic rings. The molecule has 6 heteroatoms. The molecule has 1 rings (SSSR count). The number of hydrogen-bond donors (Lipinski definition) is 3. The molecule has 0 aromatic carbocycles. The van der Waals surface area contributed by atoms with Crippen molar-refractivity contribution in [2.24, 2.45) is 11.7 Å². The lowest BCUT2D eigenvalue weighted by Crippen LogP contribution is -2.44. The zero-order chi connectivity index (χ0) is 14.8. The van der Waals surface area contributed by atoms with E-state index >= 15 is 0 Å². The summed E-state index contributed by atoms with van der Waals surface area (Å²) in [5.41, 5.74) is 5.75. The molecule has 0 bridgehead atoms. The summed E-state index contributed by atoms with van der Waals surface area (Å²) < 4.78 is 0. The Kier molecular flexibility index (Phi) is 11.4. The number of nitrogens with two attached hydrogens (primary N) is 1. The average Bonchev–Trinajstić information content (AvgIpc) is 2.45. The summed E-state index contributed by atoms with van der Waals surface area (Å²) in [6.07, 6.45) is 6.93. The zero-order valence-corrected chi connectivity index (χ0v) is 13.8. The maximum Gasteiger partial charge on any atom is 0.220 e. The molecular weight excluding hydrogens is 290 g/mol. The van der Waals surface area contributed by atoms with Gasteiger partial charge in [-0.2, -0.15) is 0 Å². The molecule has 5 nitrogen and oxygen atoms in total. The van der Waals surface area contributed by atoms with Crippen LogP contribution >= 0.6 is 12.4 Å². The van der Waals surface area contributed by atoms with Gasteiger partial charge in [-0.15, -0.1) is 12.4 Å². The highest BCUT2D eigenvalue weighted by atomic mass is 35.5. The number of halogens is 1. The summed E-state index contributed by atoms with van der Waals surface area (Å²) in [7, 11) is 0. The monoisotopic (exact) mass is 319 g/mol. The highest BCUT2D eigenvalue weighted by Gasteiger charge is 2.24. The molecule has 0 aromatic heterocycles. The fourth-order valence-electron chi connectivity index (χ4n) is 2.72. The molecule has 4 N–H and O–H groups in total. The molecule has 1 aliphatic carbocycles. The third-order valence-electron chi connectivity index (χ3n) is 3.94. The van der Waals surface area contributed by atoms with Crippen molar-refractivity contribution in [3.05, 3.63) is 0 Å². The van der Waals surface area contributed by atoms with Gasteiger partial charge in [0.1, 0.15) is 0 Å². The number of carbonyl (C=O) groups excluding carboxylic acids is 2. The van der Waals surface area contributed by atoms with E-state index in [-0.39, 0.29) is 30.3 Å². The van der Waals surface area contributed by atoms with Crippen LogP contribution in [0.2, 0.25) is 0 Å². The van der Waals surface area contributed by atoms with E-state index in [1.54, 1.807) is 0 Å². The van der Waals surface area contributed by atoms with Gasteiger partial charge in [0, 0.05) is 25.4 Å². The van der Waals surface area contributed by atoms with Gasteiger partial charge in [-0.25, -0.2) is 0 Å². The van der Waals surface area contributed by atoms with E-state index in [9.17, 15) is 9.59 Å². The van der Waals surface area contributed by atoms with Crippen LogP contribution in [0.4, 0.5) is 0 Å². The molecule has 124 valence electrons. The Hall–Kier alpha value is -0.810. The number of rotatable bonds is 8. The fourth-order valence-corrected chi connectivity index (χ4v) is 2.72. The van der Waals surface area contributed by atoms with Gasteiger partial charge in [-0.1, -0.05) is 19.8 Å². The van der Waals surface area contributed by atoms with Crippen molar-refractivity contribution in [1.29, 1.82) is 0 Å². The molecule has 0 aliphatic heterocycles. The molecule has 2 unspecified atom stereocenters. The summed E-state index contributed by atoms with van der Waals surface area (Å²) in [4.78, 5) is 23.3. The Bertz CT molecular complexity index is 313. The second-order valence-corrected chi connectivity index (χ2v) is 5.66. The van der Waals surface area contributed by atoms with E-state index in [1.165, 1.54) is 12.8 Å². The number of nitrogens with one attached hydrogen (secondary N) is 2. The van der Waals surface area contributed by atoms with Crippen molar-refractivity contribution < 1.29 is 9.59 Å². The minimum atomic E-state index is 0. The van der Waals surface area contributed by atoms with Crippen molar-refractivity contribution in [1.82, 2.24) is 10.6 Å². The quantitative estimate of drug-likeness (QED) is 0.637. The molecule has 1 fully saturated rings. The largest absolute Gasteiger partial charge is 0.356 e. The first kappa shape index (κ1) is 20.2. The van der Waals surface area contributed by atoms with E-state index in [0.29, 0.717) is 38.3 Å². The summed E-state index contributed by atoms with van der Waals surface area (Å²) >= 11 is 0.